The van der Waals surface area contributed by atoms with Crippen LogP contribution in [0.5, 0.6) is 0 Å². The van der Waals surface area contributed by atoms with Crippen LogP contribution in [0.2, 0.25) is 0 Å². The van der Waals surface area contributed by atoms with Crippen molar-refractivity contribution < 1.29 is 5.11 Å². The summed E-state index contributed by atoms with van der Waals surface area (Å²) < 4.78 is 0. The van der Waals surface area contributed by atoms with Crippen molar-refractivity contribution in [3.8, 4) is 0 Å². The Balaban J connectivity index is 0.00000441. The lowest BCUT2D eigenvalue weighted by molar-refractivity contribution is 0.187. The van der Waals surface area contributed by atoms with Gasteiger partial charge in [-0.05, 0) is 31.7 Å². The first-order valence-electron chi connectivity index (χ1n) is 7.79. The monoisotopic (exact) mass is 419 g/mol. The minimum atomic E-state index is -0.564. The van der Waals surface area contributed by atoms with Crippen molar-refractivity contribution in [2.45, 2.75) is 40.2 Å². The number of hydrogen-bond acceptors (Lipinski definition) is 2. The summed E-state index contributed by atoms with van der Waals surface area (Å²) in [5.41, 5.74) is 2.10. The molecule has 126 valence electrons. The molecule has 4 nitrogen and oxygen atoms in total. The van der Waals surface area contributed by atoms with Gasteiger partial charge in [-0.2, -0.15) is 0 Å². The number of aryl methyl sites for hydroxylation is 1. The predicted octanol–water partition coefficient (Wildman–Crippen LogP) is 3.25. The summed E-state index contributed by atoms with van der Waals surface area (Å²) in [6.07, 6.45) is 0.538. The second-order valence-corrected chi connectivity index (χ2v) is 5.76. The first kappa shape index (κ1) is 21.2. The van der Waals surface area contributed by atoms with E-state index >= 15 is 0 Å². The minimum absolute atomic E-state index is 0. The summed E-state index contributed by atoms with van der Waals surface area (Å²) in [5, 5.41) is 16.7. The van der Waals surface area contributed by atoms with Crippen LogP contribution in [0, 0.1) is 12.8 Å². The van der Waals surface area contributed by atoms with Gasteiger partial charge in [-0.15, -0.1) is 24.0 Å². The number of benzene rings is 1. The highest BCUT2D eigenvalue weighted by Gasteiger charge is 2.07. The SMILES string of the molecule is CCNC(=NCC(O)c1ccc(C)cc1)NCCC(C)C.I. The maximum absolute atomic E-state index is 10.2. The van der Waals surface area contributed by atoms with E-state index < -0.39 is 6.10 Å². The fraction of sp³-hybridized carbons (Fsp3) is 0.588. The molecule has 0 aliphatic heterocycles. The van der Waals surface area contributed by atoms with Gasteiger partial charge in [-0.25, -0.2) is 0 Å². The van der Waals surface area contributed by atoms with Gasteiger partial charge in [-0.1, -0.05) is 43.7 Å². The second-order valence-electron chi connectivity index (χ2n) is 5.76. The Labute approximate surface area is 151 Å². The second kappa shape index (κ2) is 11.7. The highest BCUT2D eigenvalue weighted by molar-refractivity contribution is 14.0. The van der Waals surface area contributed by atoms with E-state index in [4.69, 9.17) is 0 Å². The van der Waals surface area contributed by atoms with Gasteiger partial charge in [0.2, 0.25) is 0 Å². The van der Waals surface area contributed by atoms with Gasteiger partial charge in [0.25, 0.3) is 0 Å². The van der Waals surface area contributed by atoms with E-state index in [0.717, 1.165) is 31.0 Å². The molecule has 1 rings (SSSR count). The Morgan fingerprint density at radius 2 is 1.82 bits per heavy atom. The molecular formula is C17H30IN3O. The molecular weight excluding hydrogens is 389 g/mol. The molecule has 0 spiro atoms. The number of aliphatic imine (C=N–C) groups is 1. The molecule has 1 unspecified atom stereocenters. The normalized spacial score (nSPS) is 12.7. The van der Waals surface area contributed by atoms with E-state index in [0.29, 0.717) is 12.5 Å². The molecule has 0 fully saturated rings. The van der Waals surface area contributed by atoms with Crippen LogP contribution in [0.4, 0.5) is 0 Å². The Kier molecular flexibility index (Phi) is 11.3. The molecule has 0 aromatic heterocycles. The maximum atomic E-state index is 10.2. The summed E-state index contributed by atoms with van der Waals surface area (Å²) in [6.45, 7) is 10.5. The molecule has 5 heteroatoms. The van der Waals surface area contributed by atoms with E-state index in [1.165, 1.54) is 5.56 Å². The van der Waals surface area contributed by atoms with Crippen LogP contribution in [0.1, 0.15) is 44.4 Å². The molecule has 0 saturated carbocycles. The zero-order valence-electron chi connectivity index (χ0n) is 14.1. The summed E-state index contributed by atoms with van der Waals surface area (Å²) in [5.74, 6) is 1.43. The van der Waals surface area contributed by atoms with Gasteiger partial charge >= 0.3 is 0 Å². The maximum Gasteiger partial charge on any atom is 0.191 e. The van der Waals surface area contributed by atoms with Gasteiger partial charge in [0, 0.05) is 13.1 Å². The molecule has 0 amide bonds. The number of hydrogen-bond donors (Lipinski definition) is 3. The summed E-state index contributed by atoms with van der Waals surface area (Å²) >= 11 is 0. The molecule has 3 N–H and O–H groups in total. The van der Waals surface area contributed by atoms with E-state index in [9.17, 15) is 5.11 Å². The van der Waals surface area contributed by atoms with E-state index in [2.05, 4.69) is 29.5 Å². The molecule has 1 aromatic carbocycles. The van der Waals surface area contributed by atoms with Gasteiger partial charge in [0.1, 0.15) is 0 Å². The topological polar surface area (TPSA) is 56.7 Å². The van der Waals surface area contributed by atoms with Gasteiger partial charge in [0.15, 0.2) is 5.96 Å². The van der Waals surface area contributed by atoms with Crippen LogP contribution in [0.15, 0.2) is 29.3 Å². The molecule has 0 radical (unpaired) electrons. The Hall–Kier alpha value is -0.820. The van der Waals surface area contributed by atoms with E-state index in [1.807, 2.05) is 38.1 Å². The molecule has 0 aliphatic carbocycles. The zero-order valence-corrected chi connectivity index (χ0v) is 16.4. The van der Waals surface area contributed by atoms with Crippen molar-refractivity contribution in [3.63, 3.8) is 0 Å². The van der Waals surface area contributed by atoms with Crippen LogP contribution in [-0.2, 0) is 0 Å². The fourth-order valence-corrected chi connectivity index (χ4v) is 1.89. The smallest absolute Gasteiger partial charge is 0.191 e. The quantitative estimate of drug-likeness (QED) is 0.361. The highest BCUT2D eigenvalue weighted by atomic mass is 127. The van der Waals surface area contributed by atoms with Gasteiger partial charge in [0.05, 0.1) is 12.6 Å². The van der Waals surface area contributed by atoms with Crippen molar-refractivity contribution in [1.29, 1.82) is 0 Å². The van der Waals surface area contributed by atoms with E-state index in [-0.39, 0.29) is 24.0 Å². The van der Waals surface area contributed by atoms with Crippen molar-refractivity contribution >= 4 is 29.9 Å². The highest BCUT2D eigenvalue weighted by Crippen LogP contribution is 2.13. The summed E-state index contributed by atoms with van der Waals surface area (Å²) in [6, 6.07) is 7.92. The number of rotatable bonds is 7. The number of aliphatic hydroxyl groups is 1. The fourth-order valence-electron chi connectivity index (χ4n) is 1.89. The number of guanidine groups is 1. The van der Waals surface area contributed by atoms with Crippen molar-refractivity contribution in [2.24, 2.45) is 10.9 Å². The third-order valence-corrected chi connectivity index (χ3v) is 3.24. The van der Waals surface area contributed by atoms with Crippen LogP contribution in [-0.4, -0.2) is 30.7 Å². The number of nitrogens with zero attached hydrogens (tertiary/aromatic N) is 1. The number of nitrogens with one attached hydrogen (secondary N) is 2. The molecule has 1 atom stereocenters. The lowest BCUT2D eigenvalue weighted by Gasteiger charge is -2.14. The Morgan fingerprint density at radius 3 is 2.36 bits per heavy atom. The molecule has 0 bridgehead atoms. The van der Waals surface area contributed by atoms with Gasteiger partial charge in [-0.3, -0.25) is 4.99 Å². The van der Waals surface area contributed by atoms with Crippen molar-refractivity contribution in [3.05, 3.63) is 35.4 Å². The first-order valence-corrected chi connectivity index (χ1v) is 7.79. The van der Waals surface area contributed by atoms with Crippen molar-refractivity contribution in [1.82, 2.24) is 10.6 Å². The van der Waals surface area contributed by atoms with Crippen LogP contribution >= 0.6 is 24.0 Å². The minimum Gasteiger partial charge on any atom is -0.386 e. The lowest BCUT2D eigenvalue weighted by Crippen LogP contribution is -2.38. The summed E-state index contributed by atoms with van der Waals surface area (Å²) in [7, 11) is 0. The average Bonchev–Trinajstić information content (AvgIpc) is 2.44. The molecule has 1 aromatic rings. The van der Waals surface area contributed by atoms with Crippen LogP contribution < -0.4 is 10.6 Å². The number of halogens is 1. The van der Waals surface area contributed by atoms with Gasteiger partial charge < -0.3 is 15.7 Å². The first-order chi connectivity index (χ1) is 10.0. The average molecular weight is 419 g/mol. The standard InChI is InChI=1S/C17H29N3O.HI/c1-5-18-17(19-11-10-13(2)3)20-12-16(21)15-8-6-14(4)7-9-15;/h6-9,13,16,21H,5,10-12H2,1-4H3,(H2,18,19,20);1H. The number of aliphatic hydroxyl groups excluding tert-OH is 1. The molecule has 0 saturated heterocycles. The van der Waals surface area contributed by atoms with Crippen molar-refractivity contribution in [2.75, 3.05) is 19.6 Å². The Morgan fingerprint density at radius 1 is 1.18 bits per heavy atom. The predicted molar refractivity (Wildman–Crippen MR) is 105 cm³/mol. The third kappa shape index (κ3) is 8.58. The largest absolute Gasteiger partial charge is 0.386 e. The van der Waals surface area contributed by atoms with Crippen LogP contribution in [0.25, 0.3) is 0 Å². The molecule has 22 heavy (non-hydrogen) atoms. The lowest BCUT2D eigenvalue weighted by atomic mass is 10.1. The Bertz CT molecular complexity index is 432. The molecule has 0 aliphatic rings. The van der Waals surface area contributed by atoms with Crippen LogP contribution in [0.3, 0.4) is 0 Å². The zero-order chi connectivity index (χ0) is 15.7. The third-order valence-electron chi connectivity index (χ3n) is 3.24. The summed E-state index contributed by atoms with van der Waals surface area (Å²) in [4.78, 5) is 4.45. The molecule has 0 heterocycles. The van der Waals surface area contributed by atoms with E-state index in [1.54, 1.807) is 0 Å².